The molecular weight excluding hydrogens is 327 g/mol. The van der Waals surface area contributed by atoms with E-state index in [9.17, 15) is 13.2 Å². The number of hydrogen-bond acceptors (Lipinski definition) is 4. The first-order valence-electron chi connectivity index (χ1n) is 7.52. The molecule has 2 heterocycles. The fourth-order valence-corrected chi connectivity index (χ4v) is 2.36. The number of nitrogens with zero attached hydrogens (tertiary/aromatic N) is 3. The zero-order valence-electron chi connectivity index (χ0n) is 13.1. The molecule has 0 spiro atoms. The molecule has 0 atom stereocenters. The minimum atomic E-state index is -4.53. The van der Waals surface area contributed by atoms with Crippen molar-refractivity contribution < 1.29 is 13.2 Å². The van der Waals surface area contributed by atoms with Crippen LogP contribution in [0, 0.1) is 5.92 Å². The molecule has 0 aliphatic carbocycles. The summed E-state index contributed by atoms with van der Waals surface area (Å²) >= 11 is 5.07. The standard InChI is InChI=1S/C14H20F3N5S/c1-9(2)8-18-13(23)21-12-19-10(14(15,16)17)7-11(20-12)22-5-3-4-6-22/h7,9H,3-6,8H2,1-2H3,(H2,18,19,20,21,23). The summed E-state index contributed by atoms with van der Waals surface area (Å²) in [5, 5.41) is 5.78. The summed E-state index contributed by atoms with van der Waals surface area (Å²) < 4.78 is 39.1. The maximum absolute atomic E-state index is 13.0. The van der Waals surface area contributed by atoms with Gasteiger partial charge in [0.25, 0.3) is 0 Å². The van der Waals surface area contributed by atoms with Crippen LogP contribution < -0.4 is 15.5 Å². The normalized spacial score (nSPS) is 15.1. The van der Waals surface area contributed by atoms with Crippen molar-refractivity contribution in [2.75, 3.05) is 29.9 Å². The molecule has 0 aromatic carbocycles. The highest BCUT2D eigenvalue weighted by Gasteiger charge is 2.34. The van der Waals surface area contributed by atoms with Gasteiger partial charge in [-0.15, -0.1) is 0 Å². The largest absolute Gasteiger partial charge is 0.433 e. The van der Waals surface area contributed by atoms with Gasteiger partial charge in [-0.2, -0.15) is 18.2 Å². The highest BCUT2D eigenvalue weighted by Crippen LogP contribution is 2.31. The monoisotopic (exact) mass is 347 g/mol. The predicted molar refractivity (Wildman–Crippen MR) is 87.5 cm³/mol. The summed E-state index contributed by atoms with van der Waals surface area (Å²) in [6.45, 7) is 6.01. The van der Waals surface area contributed by atoms with Crippen LogP contribution in [0.1, 0.15) is 32.4 Å². The van der Waals surface area contributed by atoms with Crippen LogP contribution in [-0.4, -0.2) is 34.7 Å². The maximum Gasteiger partial charge on any atom is 0.433 e. The summed E-state index contributed by atoms with van der Waals surface area (Å²) in [5.74, 6) is 0.499. The highest BCUT2D eigenvalue weighted by molar-refractivity contribution is 7.80. The summed E-state index contributed by atoms with van der Waals surface area (Å²) in [6.07, 6.45) is -2.63. The number of thiocarbonyl (C=S) groups is 1. The number of hydrogen-bond donors (Lipinski definition) is 2. The van der Waals surface area contributed by atoms with Crippen molar-refractivity contribution in [2.45, 2.75) is 32.9 Å². The Hall–Kier alpha value is -1.64. The lowest BCUT2D eigenvalue weighted by atomic mass is 10.2. The lowest BCUT2D eigenvalue weighted by Crippen LogP contribution is -2.32. The van der Waals surface area contributed by atoms with E-state index in [-0.39, 0.29) is 16.9 Å². The minimum absolute atomic E-state index is 0.136. The minimum Gasteiger partial charge on any atom is -0.362 e. The average molecular weight is 347 g/mol. The Morgan fingerprint density at radius 1 is 1.30 bits per heavy atom. The van der Waals surface area contributed by atoms with E-state index in [1.807, 2.05) is 18.7 Å². The summed E-state index contributed by atoms with van der Waals surface area (Å²) in [6, 6.07) is 0.987. The van der Waals surface area contributed by atoms with Gasteiger partial charge in [0.1, 0.15) is 5.82 Å². The fourth-order valence-electron chi connectivity index (χ4n) is 2.19. The Bertz CT molecular complexity index is 556. The Morgan fingerprint density at radius 2 is 1.96 bits per heavy atom. The molecule has 1 aliphatic heterocycles. The van der Waals surface area contributed by atoms with Crippen LogP contribution >= 0.6 is 12.2 Å². The van der Waals surface area contributed by atoms with E-state index in [0.29, 0.717) is 25.6 Å². The Labute approximate surface area is 138 Å². The third-order valence-corrected chi connectivity index (χ3v) is 3.58. The molecule has 2 N–H and O–H groups in total. The van der Waals surface area contributed by atoms with Gasteiger partial charge in [-0.25, -0.2) is 4.98 Å². The second kappa shape index (κ2) is 7.29. The second-order valence-electron chi connectivity index (χ2n) is 5.86. The number of aromatic nitrogens is 2. The van der Waals surface area contributed by atoms with Crippen molar-refractivity contribution in [3.63, 3.8) is 0 Å². The number of anilines is 2. The molecule has 0 saturated carbocycles. The SMILES string of the molecule is CC(C)CNC(=S)Nc1nc(N2CCCC2)cc(C(F)(F)F)n1. The molecule has 2 rings (SSSR count). The summed E-state index contributed by atoms with van der Waals surface area (Å²) in [5.41, 5.74) is -0.969. The van der Waals surface area contributed by atoms with Gasteiger partial charge in [-0.05, 0) is 31.0 Å². The smallest absolute Gasteiger partial charge is 0.362 e. The molecule has 1 aromatic heterocycles. The number of halogens is 3. The number of nitrogens with one attached hydrogen (secondary N) is 2. The number of alkyl halides is 3. The molecule has 0 radical (unpaired) electrons. The third-order valence-electron chi connectivity index (χ3n) is 3.33. The predicted octanol–water partition coefficient (Wildman–Crippen LogP) is 3.04. The van der Waals surface area contributed by atoms with E-state index >= 15 is 0 Å². The Morgan fingerprint density at radius 3 is 2.52 bits per heavy atom. The average Bonchev–Trinajstić information content (AvgIpc) is 2.98. The van der Waals surface area contributed by atoms with Crippen molar-refractivity contribution in [1.82, 2.24) is 15.3 Å². The molecule has 9 heteroatoms. The van der Waals surface area contributed by atoms with Gasteiger partial charge in [0.2, 0.25) is 5.95 Å². The van der Waals surface area contributed by atoms with Gasteiger partial charge < -0.3 is 15.5 Å². The molecule has 1 fully saturated rings. The number of rotatable bonds is 4. The van der Waals surface area contributed by atoms with Crippen molar-refractivity contribution in [3.8, 4) is 0 Å². The van der Waals surface area contributed by atoms with Gasteiger partial charge in [0.05, 0.1) is 0 Å². The summed E-state index contributed by atoms with van der Waals surface area (Å²) in [4.78, 5) is 9.54. The topological polar surface area (TPSA) is 53.1 Å². The van der Waals surface area contributed by atoms with Gasteiger partial charge in [-0.3, -0.25) is 0 Å². The van der Waals surface area contributed by atoms with Crippen LogP contribution in [0.5, 0.6) is 0 Å². The van der Waals surface area contributed by atoms with Gasteiger partial charge in [0.15, 0.2) is 10.8 Å². The first kappa shape index (κ1) is 17.7. The van der Waals surface area contributed by atoms with Crippen LogP contribution in [0.15, 0.2) is 6.07 Å². The first-order valence-corrected chi connectivity index (χ1v) is 7.92. The van der Waals surface area contributed by atoms with Crippen LogP contribution in [0.4, 0.5) is 24.9 Å². The lowest BCUT2D eigenvalue weighted by Gasteiger charge is -2.19. The van der Waals surface area contributed by atoms with Crippen LogP contribution in [0.2, 0.25) is 0 Å². The van der Waals surface area contributed by atoms with Crippen LogP contribution in [0.25, 0.3) is 0 Å². The van der Waals surface area contributed by atoms with Gasteiger partial charge in [0, 0.05) is 25.7 Å². The third kappa shape index (κ3) is 5.19. The van der Waals surface area contributed by atoms with Crippen molar-refractivity contribution in [1.29, 1.82) is 0 Å². The van der Waals surface area contributed by atoms with Gasteiger partial charge in [-0.1, -0.05) is 13.8 Å². The van der Waals surface area contributed by atoms with E-state index < -0.39 is 11.9 Å². The molecule has 0 bridgehead atoms. The molecule has 1 aliphatic rings. The Kier molecular flexibility index (Phi) is 5.61. The molecule has 5 nitrogen and oxygen atoms in total. The van der Waals surface area contributed by atoms with E-state index in [2.05, 4.69) is 20.6 Å². The molecule has 1 aromatic rings. The van der Waals surface area contributed by atoms with E-state index in [4.69, 9.17) is 12.2 Å². The summed E-state index contributed by atoms with van der Waals surface area (Å²) in [7, 11) is 0. The van der Waals surface area contributed by atoms with Crippen molar-refractivity contribution in [2.24, 2.45) is 5.92 Å². The fraction of sp³-hybridized carbons (Fsp3) is 0.643. The zero-order chi connectivity index (χ0) is 17.0. The quantitative estimate of drug-likeness (QED) is 0.817. The maximum atomic E-state index is 13.0. The van der Waals surface area contributed by atoms with Crippen LogP contribution in [0.3, 0.4) is 0 Å². The second-order valence-corrected chi connectivity index (χ2v) is 6.26. The molecule has 23 heavy (non-hydrogen) atoms. The molecule has 0 unspecified atom stereocenters. The van der Waals surface area contributed by atoms with Crippen molar-refractivity contribution >= 4 is 29.1 Å². The van der Waals surface area contributed by atoms with E-state index in [1.54, 1.807) is 0 Å². The first-order chi connectivity index (χ1) is 10.8. The molecule has 128 valence electrons. The van der Waals surface area contributed by atoms with Crippen LogP contribution in [-0.2, 0) is 6.18 Å². The highest BCUT2D eigenvalue weighted by atomic mass is 32.1. The van der Waals surface area contributed by atoms with Crippen molar-refractivity contribution in [3.05, 3.63) is 11.8 Å². The van der Waals surface area contributed by atoms with Gasteiger partial charge >= 0.3 is 6.18 Å². The van der Waals surface area contributed by atoms with E-state index in [0.717, 1.165) is 18.9 Å². The molecular formula is C14H20F3N5S. The van der Waals surface area contributed by atoms with E-state index in [1.165, 1.54) is 0 Å². The lowest BCUT2D eigenvalue weighted by molar-refractivity contribution is -0.141. The zero-order valence-corrected chi connectivity index (χ0v) is 13.9. The molecule has 0 amide bonds. The molecule has 1 saturated heterocycles. The Balaban J connectivity index is 2.20.